The lowest BCUT2D eigenvalue weighted by molar-refractivity contribution is 0.358. The molecule has 0 amide bonds. The number of nitrogens with zero attached hydrogens (tertiary/aromatic N) is 2. The van der Waals surface area contributed by atoms with Gasteiger partial charge in [0.05, 0.1) is 0 Å². The fourth-order valence-corrected chi connectivity index (χ4v) is 3.43. The van der Waals surface area contributed by atoms with Gasteiger partial charge in [0.15, 0.2) is 0 Å². The van der Waals surface area contributed by atoms with Crippen molar-refractivity contribution >= 4 is 10.2 Å². The molecule has 0 aromatic carbocycles. The summed E-state index contributed by atoms with van der Waals surface area (Å²) >= 11 is 0. The van der Waals surface area contributed by atoms with Gasteiger partial charge in [-0.05, 0) is 13.0 Å². The van der Waals surface area contributed by atoms with Gasteiger partial charge in [-0.2, -0.15) is 17.0 Å². The van der Waals surface area contributed by atoms with Gasteiger partial charge in [-0.3, -0.25) is 0 Å². The quantitative estimate of drug-likeness (QED) is 0.738. The molecular weight excluding hydrogens is 214 g/mol. The molecule has 90 valence electrons. The Hall–Kier alpha value is -0.170. The van der Waals surface area contributed by atoms with Crippen molar-refractivity contribution in [1.29, 1.82) is 0 Å². The summed E-state index contributed by atoms with van der Waals surface area (Å²) in [5.41, 5.74) is 0. The molecule has 0 atom stereocenters. The summed E-state index contributed by atoms with van der Waals surface area (Å²) in [6, 6.07) is 0. The van der Waals surface area contributed by atoms with Crippen molar-refractivity contribution in [2.45, 2.75) is 20.3 Å². The maximum absolute atomic E-state index is 12.1. The number of hydrogen-bond acceptors (Lipinski definition) is 3. The fourth-order valence-electron chi connectivity index (χ4n) is 1.76. The van der Waals surface area contributed by atoms with E-state index in [-0.39, 0.29) is 0 Å². The Morgan fingerprint density at radius 1 is 1.20 bits per heavy atom. The molecule has 0 spiro atoms. The van der Waals surface area contributed by atoms with E-state index in [9.17, 15) is 8.42 Å². The smallest absolute Gasteiger partial charge is 0.281 e. The topological polar surface area (TPSA) is 52.7 Å². The monoisotopic (exact) mass is 235 g/mol. The van der Waals surface area contributed by atoms with E-state index in [2.05, 4.69) is 5.32 Å². The Morgan fingerprint density at radius 2 is 1.87 bits per heavy atom. The van der Waals surface area contributed by atoms with Crippen LogP contribution in [0.3, 0.4) is 0 Å². The van der Waals surface area contributed by atoms with Crippen molar-refractivity contribution in [3.05, 3.63) is 0 Å². The van der Waals surface area contributed by atoms with Gasteiger partial charge < -0.3 is 5.32 Å². The summed E-state index contributed by atoms with van der Waals surface area (Å²) < 4.78 is 27.3. The summed E-state index contributed by atoms with van der Waals surface area (Å²) in [5.74, 6) is 0. The van der Waals surface area contributed by atoms with Gasteiger partial charge in [-0.25, -0.2) is 0 Å². The predicted octanol–water partition coefficient (Wildman–Crippen LogP) is -0.132. The van der Waals surface area contributed by atoms with E-state index in [0.717, 1.165) is 19.5 Å². The summed E-state index contributed by atoms with van der Waals surface area (Å²) in [5, 5.41) is 3.20. The van der Waals surface area contributed by atoms with Crippen LogP contribution in [-0.2, 0) is 10.2 Å². The van der Waals surface area contributed by atoms with E-state index < -0.39 is 10.2 Å². The molecule has 0 aliphatic carbocycles. The van der Waals surface area contributed by atoms with Crippen LogP contribution in [0.1, 0.15) is 20.3 Å². The molecule has 6 heteroatoms. The molecule has 15 heavy (non-hydrogen) atoms. The number of hydrogen-bond donors (Lipinski definition) is 1. The molecule has 1 saturated heterocycles. The predicted molar refractivity (Wildman–Crippen MR) is 60.9 cm³/mol. The second-order valence-corrected chi connectivity index (χ2v) is 5.52. The Kier molecular flexibility index (Phi) is 4.98. The Bertz CT molecular complexity index is 267. The standard InChI is InChI=1S/C9H21N3O2S/c1-3-11(4-2)15(13,14)12-8-5-6-10-7-9-12/h10H,3-9H2,1-2H3. The fraction of sp³-hybridized carbons (Fsp3) is 1.00. The van der Waals surface area contributed by atoms with Crippen molar-refractivity contribution in [2.24, 2.45) is 0 Å². The molecule has 1 N–H and O–H groups in total. The second kappa shape index (κ2) is 5.79. The molecule has 0 aromatic rings. The van der Waals surface area contributed by atoms with E-state index >= 15 is 0 Å². The maximum Gasteiger partial charge on any atom is 0.281 e. The summed E-state index contributed by atoms with van der Waals surface area (Å²) in [4.78, 5) is 0. The van der Waals surface area contributed by atoms with Crippen molar-refractivity contribution in [3.8, 4) is 0 Å². The summed E-state index contributed by atoms with van der Waals surface area (Å²) in [7, 11) is -3.22. The summed E-state index contributed by atoms with van der Waals surface area (Å²) in [6.07, 6.45) is 0.889. The van der Waals surface area contributed by atoms with Crippen LogP contribution in [0.25, 0.3) is 0 Å². The third-order valence-electron chi connectivity index (χ3n) is 2.66. The third kappa shape index (κ3) is 3.14. The van der Waals surface area contributed by atoms with Gasteiger partial charge in [0.2, 0.25) is 0 Å². The molecule has 0 radical (unpaired) electrons. The first-order valence-electron chi connectivity index (χ1n) is 5.58. The highest BCUT2D eigenvalue weighted by molar-refractivity contribution is 7.86. The van der Waals surface area contributed by atoms with Crippen molar-refractivity contribution < 1.29 is 8.42 Å². The average molecular weight is 235 g/mol. The normalized spacial score (nSPS) is 20.5. The van der Waals surface area contributed by atoms with Crippen molar-refractivity contribution in [1.82, 2.24) is 13.9 Å². The third-order valence-corrected chi connectivity index (χ3v) is 4.84. The lowest BCUT2D eigenvalue weighted by Gasteiger charge is -2.27. The number of rotatable bonds is 4. The molecule has 1 aliphatic rings. The first kappa shape index (κ1) is 12.9. The zero-order valence-electron chi connectivity index (χ0n) is 9.57. The zero-order chi connectivity index (χ0) is 11.3. The van der Waals surface area contributed by atoms with Gasteiger partial charge >= 0.3 is 0 Å². The molecule has 0 unspecified atom stereocenters. The van der Waals surface area contributed by atoms with Gasteiger partial charge in [-0.15, -0.1) is 0 Å². The zero-order valence-corrected chi connectivity index (χ0v) is 10.4. The van der Waals surface area contributed by atoms with E-state index in [1.165, 1.54) is 4.31 Å². The first-order valence-corrected chi connectivity index (χ1v) is 6.98. The molecule has 1 fully saturated rings. The van der Waals surface area contributed by atoms with Gasteiger partial charge in [0.1, 0.15) is 0 Å². The minimum absolute atomic E-state index is 0.544. The van der Waals surface area contributed by atoms with E-state index in [1.807, 2.05) is 13.8 Å². The minimum atomic E-state index is -3.22. The average Bonchev–Trinajstić information content (AvgIpc) is 2.47. The van der Waals surface area contributed by atoms with Crippen LogP contribution in [0, 0.1) is 0 Å². The minimum Gasteiger partial charge on any atom is -0.315 e. The Balaban J connectivity index is 2.73. The largest absolute Gasteiger partial charge is 0.315 e. The van der Waals surface area contributed by atoms with Crippen LogP contribution >= 0.6 is 0 Å². The Morgan fingerprint density at radius 3 is 2.47 bits per heavy atom. The van der Waals surface area contributed by atoms with Crippen LogP contribution in [0.2, 0.25) is 0 Å². The highest BCUT2D eigenvalue weighted by atomic mass is 32.2. The van der Waals surface area contributed by atoms with Crippen LogP contribution in [-0.4, -0.2) is 56.3 Å². The van der Waals surface area contributed by atoms with Crippen LogP contribution < -0.4 is 5.32 Å². The molecular formula is C9H21N3O2S. The van der Waals surface area contributed by atoms with E-state index in [1.54, 1.807) is 4.31 Å². The van der Waals surface area contributed by atoms with Crippen molar-refractivity contribution in [2.75, 3.05) is 39.3 Å². The molecule has 0 saturated carbocycles. The van der Waals surface area contributed by atoms with Gasteiger partial charge in [0.25, 0.3) is 10.2 Å². The summed E-state index contributed by atoms with van der Waals surface area (Å²) in [6.45, 7) is 7.70. The first-order chi connectivity index (χ1) is 7.12. The van der Waals surface area contributed by atoms with E-state index in [0.29, 0.717) is 26.2 Å². The van der Waals surface area contributed by atoms with E-state index in [4.69, 9.17) is 0 Å². The highest BCUT2D eigenvalue weighted by Crippen LogP contribution is 2.09. The van der Waals surface area contributed by atoms with Gasteiger partial charge in [-0.1, -0.05) is 13.8 Å². The van der Waals surface area contributed by atoms with Crippen molar-refractivity contribution in [3.63, 3.8) is 0 Å². The molecule has 5 nitrogen and oxygen atoms in total. The highest BCUT2D eigenvalue weighted by Gasteiger charge is 2.27. The molecule has 0 bridgehead atoms. The molecule has 1 heterocycles. The lowest BCUT2D eigenvalue weighted by atomic mass is 10.4. The van der Waals surface area contributed by atoms with Crippen LogP contribution in [0.15, 0.2) is 0 Å². The Labute approximate surface area is 92.6 Å². The lowest BCUT2D eigenvalue weighted by Crippen LogP contribution is -2.45. The SMILES string of the molecule is CCN(CC)S(=O)(=O)N1CCCNCC1. The molecule has 1 aliphatic heterocycles. The van der Waals surface area contributed by atoms with Gasteiger partial charge in [0, 0.05) is 32.7 Å². The van der Waals surface area contributed by atoms with Crippen LogP contribution in [0.5, 0.6) is 0 Å². The second-order valence-electron chi connectivity index (χ2n) is 3.59. The number of nitrogens with one attached hydrogen (secondary N) is 1. The molecule has 1 rings (SSSR count). The van der Waals surface area contributed by atoms with Crippen LogP contribution in [0.4, 0.5) is 0 Å². The molecule has 0 aromatic heterocycles. The maximum atomic E-state index is 12.1.